The molecule has 4 heteroatoms. The predicted octanol–water partition coefficient (Wildman–Crippen LogP) is 4.02. The van der Waals surface area contributed by atoms with E-state index in [1.165, 1.54) is 19.3 Å². The van der Waals surface area contributed by atoms with Crippen molar-refractivity contribution < 1.29 is 9.21 Å². The van der Waals surface area contributed by atoms with Gasteiger partial charge >= 0.3 is 0 Å². The highest BCUT2D eigenvalue weighted by Gasteiger charge is 2.18. The SMILES string of the molecule is O=C(NCC1CCC1)c1ccc(-c2nccc3occc23)cc1. The number of nitrogens with zero attached hydrogens (tertiary/aromatic N) is 1. The summed E-state index contributed by atoms with van der Waals surface area (Å²) >= 11 is 0. The third-order valence-electron chi connectivity index (χ3n) is 4.58. The monoisotopic (exact) mass is 306 g/mol. The highest BCUT2D eigenvalue weighted by Crippen LogP contribution is 2.27. The molecule has 1 aromatic carbocycles. The van der Waals surface area contributed by atoms with Crippen molar-refractivity contribution in [1.29, 1.82) is 0 Å². The summed E-state index contributed by atoms with van der Waals surface area (Å²) < 4.78 is 5.41. The van der Waals surface area contributed by atoms with Gasteiger partial charge in [0.1, 0.15) is 5.58 Å². The van der Waals surface area contributed by atoms with E-state index in [0.29, 0.717) is 11.5 Å². The topological polar surface area (TPSA) is 55.1 Å². The summed E-state index contributed by atoms with van der Waals surface area (Å²) in [5, 5.41) is 4.00. The Kier molecular flexibility index (Phi) is 3.58. The molecule has 2 heterocycles. The molecule has 23 heavy (non-hydrogen) atoms. The smallest absolute Gasteiger partial charge is 0.251 e. The van der Waals surface area contributed by atoms with Gasteiger partial charge in [0.05, 0.1) is 12.0 Å². The zero-order valence-corrected chi connectivity index (χ0v) is 12.8. The van der Waals surface area contributed by atoms with Crippen molar-refractivity contribution in [1.82, 2.24) is 10.3 Å². The molecule has 1 aliphatic carbocycles. The summed E-state index contributed by atoms with van der Waals surface area (Å²) in [7, 11) is 0. The van der Waals surface area contributed by atoms with Gasteiger partial charge in [0, 0.05) is 29.3 Å². The van der Waals surface area contributed by atoms with E-state index in [-0.39, 0.29) is 5.91 Å². The molecule has 4 nitrogen and oxygen atoms in total. The lowest BCUT2D eigenvalue weighted by Crippen LogP contribution is -2.32. The van der Waals surface area contributed by atoms with Crippen molar-refractivity contribution >= 4 is 16.9 Å². The van der Waals surface area contributed by atoms with Gasteiger partial charge in [-0.25, -0.2) is 0 Å². The fourth-order valence-electron chi connectivity index (χ4n) is 2.94. The molecule has 0 radical (unpaired) electrons. The van der Waals surface area contributed by atoms with Gasteiger partial charge in [0.15, 0.2) is 0 Å². The number of rotatable bonds is 4. The van der Waals surface area contributed by atoms with Gasteiger partial charge in [-0.3, -0.25) is 9.78 Å². The number of furan rings is 1. The number of fused-ring (bicyclic) bond motifs is 1. The average Bonchev–Trinajstić information content (AvgIpc) is 3.02. The Balaban J connectivity index is 1.53. The molecule has 116 valence electrons. The molecular weight excluding hydrogens is 288 g/mol. The number of amides is 1. The van der Waals surface area contributed by atoms with Crippen LogP contribution in [-0.2, 0) is 0 Å². The highest BCUT2D eigenvalue weighted by molar-refractivity contribution is 5.96. The van der Waals surface area contributed by atoms with E-state index in [9.17, 15) is 4.79 Å². The molecule has 0 bridgehead atoms. The first-order chi connectivity index (χ1) is 11.3. The van der Waals surface area contributed by atoms with Gasteiger partial charge in [0.2, 0.25) is 0 Å². The molecule has 1 fully saturated rings. The first-order valence-corrected chi connectivity index (χ1v) is 8.02. The van der Waals surface area contributed by atoms with E-state index in [0.717, 1.165) is 28.8 Å². The highest BCUT2D eigenvalue weighted by atomic mass is 16.3. The van der Waals surface area contributed by atoms with Crippen LogP contribution in [0.1, 0.15) is 29.6 Å². The molecule has 4 rings (SSSR count). The second-order valence-electron chi connectivity index (χ2n) is 6.08. The number of benzene rings is 1. The lowest BCUT2D eigenvalue weighted by Gasteiger charge is -2.25. The van der Waals surface area contributed by atoms with Crippen LogP contribution in [0.3, 0.4) is 0 Å². The number of pyridine rings is 1. The summed E-state index contributed by atoms with van der Waals surface area (Å²) in [6, 6.07) is 11.3. The Bertz CT molecular complexity index is 832. The van der Waals surface area contributed by atoms with Crippen LogP contribution in [0.5, 0.6) is 0 Å². The third kappa shape index (κ3) is 2.72. The van der Waals surface area contributed by atoms with Gasteiger partial charge in [-0.15, -0.1) is 0 Å². The molecule has 1 N–H and O–H groups in total. The number of nitrogens with one attached hydrogen (secondary N) is 1. The molecule has 0 spiro atoms. The van der Waals surface area contributed by atoms with E-state index < -0.39 is 0 Å². The van der Waals surface area contributed by atoms with Gasteiger partial charge in [-0.2, -0.15) is 0 Å². The number of aromatic nitrogens is 1. The molecule has 2 aromatic heterocycles. The summed E-state index contributed by atoms with van der Waals surface area (Å²) in [6.07, 6.45) is 7.17. The van der Waals surface area contributed by atoms with Crippen molar-refractivity contribution in [2.75, 3.05) is 6.54 Å². The molecule has 0 saturated heterocycles. The van der Waals surface area contributed by atoms with Crippen LogP contribution >= 0.6 is 0 Å². The second-order valence-corrected chi connectivity index (χ2v) is 6.08. The van der Waals surface area contributed by atoms with Crippen LogP contribution in [0.4, 0.5) is 0 Å². The number of hydrogen-bond donors (Lipinski definition) is 1. The molecular formula is C19H18N2O2. The van der Waals surface area contributed by atoms with E-state index >= 15 is 0 Å². The largest absolute Gasteiger partial charge is 0.464 e. The predicted molar refractivity (Wildman–Crippen MR) is 89.1 cm³/mol. The molecule has 1 saturated carbocycles. The van der Waals surface area contributed by atoms with Crippen molar-refractivity contribution in [2.45, 2.75) is 19.3 Å². The van der Waals surface area contributed by atoms with Crippen molar-refractivity contribution in [3.63, 3.8) is 0 Å². The summed E-state index contributed by atoms with van der Waals surface area (Å²) in [6.45, 7) is 0.788. The van der Waals surface area contributed by atoms with E-state index in [2.05, 4.69) is 10.3 Å². The third-order valence-corrected chi connectivity index (χ3v) is 4.58. The number of carbonyl (C=O) groups is 1. The van der Waals surface area contributed by atoms with Crippen molar-refractivity contribution in [3.8, 4) is 11.3 Å². The van der Waals surface area contributed by atoms with Crippen LogP contribution in [0.25, 0.3) is 22.2 Å². The van der Waals surface area contributed by atoms with Gasteiger partial charge < -0.3 is 9.73 Å². The Morgan fingerprint density at radius 2 is 2.00 bits per heavy atom. The van der Waals surface area contributed by atoms with Gasteiger partial charge in [-0.05, 0) is 43.0 Å². The number of carbonyl (C=O) groups excluding carboxylic acids is 1. The zero-order valence-electron chi connectivity index (χ0n) is 12.8. The minimum atomic E-state index is -0.00192. The van der Waals surface area contributed by atoms with Gasteiger partial charge in [0.25, 0.3) is 5.91 Å². The lowest BCUT2D eigenvalue weighted by molar-refractivity contribution is 0.0939. The maximum atomic E-state index is 12.2. The molecule has 1 amide bonds. The van der Waals surface area contributed by atoms with Crippen molar-refractivity contribution in [3.05, 3.63) is 54.4 Å². The van der Waals surface area contributed by atoms with Crippen molar-refractivity contribution in [2.24, 2.45) is 5.92 Å². The lowest BCUT2D eigenvalue weighted by atomic mass is 9.85. The van der Waals surface area contributed by atoms with Crippen LogP contribution in [0.2, 0.25) is 0 Å². The molecule has 0 unspecified atom stereocenters. The van der Waals surface area contributed by atoms with E-state index in [1.807, 2.05) is 36.4 Å². The van der Waals surface area contributed by atoms with Crippen LogP contribution in [-0.4, -0.2) is 17.4 Å². The fraction of sp³-hybridized carbons (Fsp3) is 0.263. The van der Waals surface area contributed by atoms with Gasteiger partial charge in [-0.1, -0.05) is 18.6 Å². The first-order valence-electron chi connectivity index (χ1n) is 8.02. The molecule has 0 atom stereocenters. The minimum Gasteiger partial charge on any atom is -0.464 e. The Labute approximate surface area is 134 Å². The zero-order chi connectivity index (χ0) is 15.6. The average molecular weight is 306 g/mol. The summed E-state index contributed by atoms with van der Waals surface area (Å²) in [4.78, 5) is 16.6. The maximum Gasteiger partial charge on any atom is 0.251 e. The summed E-state index contributed by atoms with van der Waals surface area (Å²) in [5.41, 5.74) is 3.36. The number of hydrogen-bond acceptors (Lipinski definition) is 3. The second kappa shape index (κ2) is 5.88. The van der Waals surface area contributed by atoms with E-state index in [1.54, 1.807) is 12.5 Å². The Morgan fingerprint density at radius 3 is 2.74 bits per heavy atom. The summed E-state index contributed by atoms with van der Waals surface area (Å²) in [5.74, 6) is 0.666. The molecule has 1 aliphatic rings. The van der Waals surface area contributed by atoms with E-state index in [4.69, 9.17) is 4.42 Å². The first kappa shape index (κ1) is 14.0. The minimum absolute atomic E-state index is 0.00192. The van der Waals surface area contributed by atoms with Crippen LogP contribution in [0.15, 0.2) is 53.3 Å². The van der Waals surface area contributed by atoms with Crippen LogP contribution < -0.4 is 5.32 Å². The fourth-order valence-corrected chi connectivity index (χ4v) is 2.94. The quantitative estimate of drug-likeness (QED) is 0.792. The maximum absolute atomic E-state index is 12.2. The normalized spacial score (nSPS) is 14.6. The van der Waals surface area contributed by atoms with Crippen LogP contribution in [0, 0.1) is 5.92 Å². The Hall–Kier alpha value is -2.62. The molecule has 0 aliphatic heterocycles. The molecule has 3 aromatic rings. The standard InChI is InChI=1S/C19H18N2O2/c22-19(21-12-13-2-1-3-13)15-6-4-14(5-7-15)18-16-9-11-23-17(16)8-10-20-18/h4-11,13H,1-3,12H2,(H,21,22). The Morgan fingerprint density at radius 1 is 1.17 bits per heavy atom.